The van der Waals surface area contributed by atoms with Gasteiger partial charge < -0.3 is 4.90 Å². The van der Waals surface area contributed by atoms with Crippen LogP contribution in [-0.2, 0) is 6.18 Å². The fourth-order valence-corrected chi connectivity index (χ4v) is 5.88. The molecular formula is C35H36F3N3. The Labute approximate surface area is 241 Å². The van der Waals surface area contributed by atoms with Gasteiger partial charge in [0.05, 0.1) is 17.6 Å². The highest BCUT2D eigenvalue weighted by atomic mass is 19.4. The van der Waals surface area contributed by atoms with Gasteiger partial charge in [0, 0.05) is 38.4 Å². The largest absolute Gasteiger partial charge is 0.416 e. The van der Waals surface area contributed by atoms with Crippen molar-refractivity contribution in [2.75, 3.05) is 39.8 Å². The molecule has 4 aromatic rings. The molecule has 0 radical (unpaired) electrons. The summed E-state index contributed by atoms with van der Waals surface area (Å²) >= 11 is 0. The van der Waals surface area contributed by atoms with Crippen molar-refractivity contribution in [2.24, 2.45) is 0 Å². The fourth-order valence-electron chi connectivity index (χ4n) is 5.88. The predicted octanol–water partition coefficient (Wildman–Crippen LogP) is 7.65. The molecule has 1 unspecified atom stereocenters. The van der Waals surface area contributed by atoms with Crippen molar-refractivity contribution in [3.8, 4) is 0 Å². The van der Waals surface area contributed by atoms with Crippen LogP contribution in [0, 0.1) is 0 Å². The zero-order valence-electron chi connectivity index (χ0n) is 23.3. The van der Waals surface area contributed by atoms with Crippen LogP contribution in [0.3, 0.4) is 0 Å². The second-order valence-corrected chi connectivity index (χ2v) is 10.7. The lowest BCUT2D eigenvalue weighted by atomic mass is 9.95. The van der Waals surface area contributed by atoms with E-state index in [1.807, 2.05) is 42.5 Å². The molecule has 1 saturated heterocycles. The van der Waals surface area contributed by atoms with E-state index in [2.05, 4.69) is 76.9 Å². The van der Waals surface area contributed by atoms with Gasteiger partial charge in [-0.25, -0.2) is 0 Å². The molecule has 6 heteroatoms. The van der Waals surface area contributed by atoms with Crippen LogP contribution in [0.2, 0.25) is 0 Å². The van der Waals surface area contributed by atoms with Gasteiger partial charge in [-0.3, -0.25) is 9.80 Å². The van der Waals surface area contributed by atoms with E-state index in [0.717, 1.165) is 43.5 Å². The van der Waals surface area contributed by atoms with E-state index in [1.54, 1.807) is 6.07 Å². The molecule has 0 saturated carbocycles. The maximum absolute atomic E-state index is 13.6. The third-order valence-electron chi connectivity index (χ3n) is 7.87. The quantitative estimate of drug-likeness (QED) is 0.210. The summed E-state index contributed by atoms with van der Waals surface area (Å²) in [7, 11) is 2.13. The highest BCUT2D eigenvalue weighted by Gasteiger charge is 2.33. The second-order valence-electron chi connectivity index (χ2n) is 10.7. The molecule has 212 valence electrons. The Bertz CT molecular complexity index is 1360. The topological polar surface area (TPSA) is 9.72 Å². The molecule has 0 aliphatic carbocycles. The SMILES string of the molecule is C=C(CN(C)C(c1ccccc1)c1ccccc1)N1CCN(C(c2ccccc2)c2cccc(C(F)(F)F)c2)CC1. The molecule has 1 fully saturated rings. The third-order valence-corrected chi connectivity index (χ3v) is 7.87. The first kappa shape index (κ1) is 28.7. The standard InChI is InChI=1S/C35H36F3N3/c1-27(26-39(2)33(28-13-6-3-7-14-28)29-15-8-4-9-16-29)40-21-23-41(24-22-40)34(30-17-10-5-11-18-30)31-19-12-20-32(25-31)35(36,37)38/h3-20,25,33-34H,1,21-24,26H2,2H3. The van der Waals surface area contributed by atoms with Crippen molar-refractivity contribution in [1.29, 1.82) is 0 Å². The van der Waals surface area contributed by atoms with Crippen LogP contribution in [-0.4, -0.2) is 54.5 Å². The molecule has 1 heterocycles. The monoisotopic (exact) mass is 555 g/mol. The minimum atomic E-state index is -4.38. The van der Waals surface area contributed by atoms with E-state index in [4.69, 9.17) is 0 Å². The van der Waals surface area contributed by atoms with Crippen LogP contribution in [0.5, 0.6) is 0 Å². The smallest absolute Gasteiger partial charge is 0.372 e. The number of benzene rings is 4. The number of nitrogens with zero attached hydrogens (tertiary/aromatic N) is 3. The lowest BCUT2D eigenvalue weighted by molar-refractivity contribution is -0.137. The Balaban J connectivity index is 1.30. The average Bonchev–Trinajstić information content (AvgIpc) is 2.99. The molecule has 0 bridgehead atoms. The maximum Gasteiger partial charge on any atom is 0.416 e. The summed E-state index contributed by atoms with van der Waals surface area (Å²) in [5, 5.41) is 0. The average molecular weight is 556 g/mol. The van der Waals surface area contributed by atoms with Gasteiger partial charge in [0.2, 0.25) is 0 Å². The van der Waals surface area contributed by atoms with E-state index >= 15 is 0 Å². The van der Waals surface area contributed by atoms with E-state index in [-0.39, 0.29) is 12.1 Å². The van der Waals surface area contributed by atoms with E-state index < -0.39 is 11.7 Å². The molecular weight excluding hydrogens is 519 g/mol. The van der Waals surface area contributed by atoms with Crippen molar-refractivity contribution in [1.82, 2.24) is 14.7 Å². The Hall–Kier alpha value is -3.87. The highest BCUT2D eigenvalue weighted by Crippen LogP contribution is 2.35. The van der Waals surface area contributed by atoms with Gasteiger partial charge >= 0.3 is 6.18 Å². The molecule has 4 aromatic carbocycles. The molecule has 0 aromatic heterocycles. The van der Waals surface area contributed by atoms with Crippen molar-refractivity contribution in [2.45, 2.75) is 18.3 Å². The van der Waals surface area contributed by atoms with Crippen LogP contribution in [0.25, 0.3) is 0 Å². The van der Waals surface area contributed by atoms with Crippen LogP contribution >= 0.6 is 0 Å². The van der Waals surface area contributed by atoms with Crippen LogP contribution in [0.1, 0.15) is 39.9 Å². The van der Waals surface area contributed by atoms with Gasteiger partial charge in [0.25, 0.3) is 0 Å². The zero-order valence-corrected chi connectivity index (χ0v) is 23.3. The molecule has 0 spiro atoms. The van der Waals surface area contributed by atoms with Gasteiger partial charge in [-0.15, -0.1) is 0 Å². The number of likely N-dealkylation sites (N-methyl/N-ethyl adjacent to an activating group) is 1. The summed E-state index contributed by atoms with van der Waals surface area (Å²) in [4.78, 5) is 6.93. The van der Waals surface area contributed by atoms with E-state index in [1.165, 1.54) is 23.3 Å². The first-order valence-electron chi connectivity index (χ1n) is 14.0. The van der Waals surface area contributed by atoms with Crippen molar-refractivity contribution in [3.05, 3.63) is 155 Å². The third kappa shape index (κ3) is 6.89. The van der Waals surface area contributed by atoms with Gasteiger partial charge in [-0.1, -0.05) is 110 Å². The molecule has 41 heavy (non-hydrogen) atoms. The molecule has 1 aliphatic rings. The summed E-state index contributed by atoms with van der Waals surface area (Å²) < 4.78 is 40.7. The normalized spacial score (nSPS) is 15.3. The van der Waals surface area contributed by atoms with E-state index in [0.29, 0.717) is 12.1 Å². The number of piperazine rings is 1. The molecule has 0 amide bonds. The Morgan fingerprint density at radius 3 is 1.71 bits per heavy atom. The van der Waals surface area contributed by atoms with Crippen molar-refractivity contribution >= 4 is 0 Å². The summed E-state index contributed by atoms with van der Waals surface area (Å²) in [6, 6.07) is 36.4. The second kappa shape index (κ2) is 12.8. The van der Waals surface area contributed by atoms with Gasteiger partial charge in [0.15, 0.2) is 0 Å². The maximum atomic E-state index is 13.6. The number of halogens is 3. The minimum absolute atomic E-state index is 0.0961. The molecule has 5 rings (SSSR count). The molecule has 0 N–H and O–H groups in total. The van der Waals surface area contributed by atoms with Crippen LogP contribution < -0.4 is 0 Å². The fraction of sp³-hybridized carbons (Fsp3) is 0.257. The van der Waals surface area contributed by atoms with Crippen LogP contribution in [0.15, 0.2) is 128 Å². The first-order valence-corrected chi connectivity index (χ1v) is 14.0. The summed E-state index contributed by atoms with van der Waals surface area (Å²) in [5.41, 5.74) is 4.53. The molecule has 3 nitrogen and oxygen atoms in total. The van der Waals surface area contributed by atoms with E-state index in [9.17, 15) is 13.2 Å². The lowest BCUT2D eigenvalue weighted by Crippen LogP contribution is -2.48. The van der Waals surface area contributed by atoms with Crippen molar-refractivity contribution < 1.29 is 13.2 Å². The lowest BCUT2D eigenvalue weighted by Gasteiger charge is -2.42. The zero-order chi connectivity index (χ0) is 28.8. The summed E-state index contributed by atoms with van der Waals surface area (Å²) in [6.07, 6.45) is -4.38. The molecule has 1 atom stereocenters. The van der Waals surface area contributed by atoms with Gasteiger partial charge in [-0.2, -0.15) is 13.2 Å². The number of alkyl halides is 3. The predicted molar refractivity (Wildman–Crippen MR) is 159 cm³/mol. The Morgan fingerprint density at radius 1 is 0.707 bits per heavy atom. The van der Waals surface area contributed by atoms with Gasteiger partial charge in [0.1, 0.15) is 0 Å². The van der Waals surface area contributed by atoms with Gasteiger partial charge in [-0.05, 0) is 41.4 Å². The van der Waals surface area contributed by atoms with Crippen LogP contribution in [0.4, 0.5) is 13.2 Å². The first-order chi connectivity index (χ1) is 19.8. The Kier molecular flexibility index (Phi) is 8.91. The summed E-state index contributed by atoms with van der Waals surface area (Å²) in [6.45, 7) is 8.12. The minimum Gasteiger partial charge on any atom is -0.372 e. The highest BCUT2D eigenvalue weighted by molar-refractivity contribution is 5.36. The Morgan fingerprint density at radius 2 is 1.20 bits per heavy atom. The molecule has 1 aliphatic heterocycles. The van der Waals surface area contributed by atoms with Crippen molar-refractivity contribution in [3.63, 3.8) is 0 Å². The number of hydrogen-bond donors (Lipinski definition) is 0. The number of hydrogen-bond acceptors (Lipinski definition) is 3. The number of rotatable bonds is 9. The summed E-state index contributed by atoms with van der Waals surface area (Å²) in [5.74, 6) is 0.